The van der Waals surface area contributed by atoms with Crippen molar-refractivity contribution in [2.75, 3.05) is 12.8 Å². The van der Waals surface area contributed by atoms with Gasteiger partial charge in [0.25, 0.3) is 0 Å². The highest BCUT2D eigenvalue weighted by molar-refractivity contribution is 5.57. The highest BCUT2D eigenvalue weighted by Crippen LogP contribution is 2.30. The summed E-state index contributed by atoms with van der Waals surface area (Å²) in [6.07, 6.45) is 0.981. The van der Waals surface area contributed by atoms with Crippen molar-refractivity contribution >= 4 is 5.69 Å². The number of nitrogen functional groups attached to an aromatic ring is 1. The van der Waals surface area contributed by atoms with E-state index in [2.05, 4.69) is 13.0 Å². The summed E-state index contributed by atoms with van der Waals surface area (Å²) >= 11 is 0. The third-order valence-corrected chi connectivity index (χ3v) is 2.75. The predicted octanol–water partition coefficient (Wildman–Crippen LogP) is 3.63. The molecule has 0 aliphatic carbocycles. The highest BCUT2D eigenvalue weighted by Gasteiger charge is 2.04. The Morgan fingerprint density at radius 3 is 2.56 bits per heavy atom. The van der Waals surface area contributed by atoms with E-state index in [-0.39, 0.29) is 0 Å². The van der Waals surface area contributed by atoms with Crippen LogP contribution in [-0.2, 0) is 6.42 Å². The molecule has 0 aliphatic rings. The number of rotatable bonds is 4. The molecule has 0 aliphatic heterocycles. The maximum absolute atomic E-state index is 5.91. The molecule has 0 heterocycles. The first-order valence-electron chi connectivity index (χ1n) is 5.93. The van der Waals surface area contributed by atoms with Crippen LogP contribution in [-0.4, -0.2) is 7.11 Å². The van der Waals surface area contributed by atoms with Crippen molar-refractivity contribution in [2.45, 2.75) is 13.3 Å². The summed E-state index contributed by atoms with van der Waals surface area (Å²) in [4.78, 5) is 0. The minimum absolute atomic E-state index is 0.566. The summed E-state index contributed by atoms with van der Waals surface area (Å²) in [6.45, 7) is 2.11. The Labute approximate surface area is 107 Å². The van der Waals surface area contributed by atoms with Gasteiger partial charge in [0.2, 0.25) is 0 Å². The van der Waals surface area contributed by atoms with Gasteiger partial charge in [0, 0.05) is 6.07 Å². The first-order valence-corrected chi connectivity index (χ1v) is 5.93. The third-order valence-electron chi connectivity index (χ3n) is 2.75. The van der Waals surface area contributed by atoms with Gasteiger partial charge in [-0.15, -0.1) is 0 Å². The molecule has 2 N–H and O–H groups in total. The van der Waals surface area contributed by atoms with Gasteiger partial charge in [-0.3, -0.25) is 0 Å². The van der Waals surface area contributed by atoms with Gasteiger partial charge in [-0.1, -0.05) is 19.1 Å². The molecular weight excluding hydrogens is 226 g/mol. The molecule has 3 nitrogen and oxygen atoms in total. The number of ether oxygens (including phenoxy) is 2. The molecule has 2 aromatic rings. The summed E-state index contributed by atoms with van der Waals surface area (Å²) in [5.41, 5.74) is 7.71. The quantitative estimate of drug-likeness (QED) is 0.834. The summed E-state index contributed by atoms with van der Waals surface area (Å²) in [7, 11) is 1.61. The minimum atomic E-state index is 0.566. The molecule has 0 atom stereocenters. The molecule has 0 spiro atoms. The van der Waals surface area contributed by atoms with Gasteiger partial charge >= 0.3 is 0 Å². The van der Waals surface area contributed by atoms with Crippen molar-refractivity contribution in [3.05, 3.63) is 48.0 Å². The molecule has 2 rings (SSSR count). The largest absolute Gasteiger partial charge is 0.497 e. The van der Waals surface area contributed by atoms with E-state index in [0.717, 1.165) is 17.9 Å². The maximum atomic E-state index is 5.91. The van der Waals surface area contributed by atoms with Crippen LogP contribution in [0, 0.1) is 0 Å². The van der Waals surface area contributed by atoms with Crippen LogP contribution in [0.25, 0.3) is 0 Å². The van der Waals surface area contributed by atoms with Gasteiger partial charge in [0.05, 0.1) is 12.8 Å². The fourth-order valence-electron chi connectivity index (χ4n) is 1.70. The molecule has 0 amide bonds. The van der Waals surface area contributed by atoms with Gasteiger partial charge in [0.15, 0.2) is 5.75 Å². The smallest absolute Gasteiger partial charge is 0.150 e. The zero-order chi connectivity index (χ0) is 13.0. The third kappa shape index (κ3) is 2.74. The molecule has 3 heteroatoms. The second-order valence-corrected chi connectivity index (χ2v) is 4.01. The van der Waals surface area contributed by atoms with E-state index < -0.39 is 0 Å². The van der Waals surface area contributed by atoms with Crippen LogP contribution in [0.15, 0.2) is 42.5 Å². The van der Waals surface area contributed by atoms with Crippen molar-refractivity contribution in [3.8, 4) is 17.2 Å². The number of methoxy groups -OCH3 is 1. The fraction of sp³-hybridized carbons (Fsp3) is 0.200. The average molecular weight is 243 g/mol. The average Bonchev–Trinajstić information content (AvgIpc) is 2.41. The molecule has 0 aromatic heterocycles. The Morgan fingerprint density at radius 1 is 1.06 bits per heavy atom. The SMILES string of the molecule is CCc1cccc(Oc2ccc(OC)cc2N)c1. The van der Waals surface area contributed by atoms with Gasteiger partial charge in [-0.05, 0) is 36.2 Å². The van der Waals surface area contributed by atoms with E-state index in [9.17, 15) is 0 Å². The van der Waals surface area contributed by atoms with Crippen LogP contribution in [0.5, 0.6) is 17.2 Å². The first kappa shape index (κ1) is 12.3. The molecular formula is C15H17NO2. The van der Waals surface area contributed by atoms with Gasteiger partial charge in [-0.2, -0.15) is 0 Å². The van der Waals surface area contributed by atoms with Crippen molar-refractivity contribution in [1.29, 1.82) is 0 Å². The molecule has 0 radical (unpaired) electrons. The zero-order valence-corrected chi connectivity index (χ0v) is 10.6. The van der Waals surface area contributed by atoms with E-state index in [1.54, 1.807) is 13.2 Å². The van der Waals surface area contributed by atoms with Crippen LogP contribution >= 0.6 is 0 Å². The molecule has 18 heavy (non-hydrogen) atoms. The van der Waals surface area contributed by atoms with E-state index in [0.29, 0.717) is 11.4 Å². The number of benzene rings is 2. The molecule has 0 saturated heterocycles. The molecule has 0 saturated carbocycles. The second-order valence-electron chi connectivity index (χ2n) is 4.01. The fourth-order valence-corrected chi connectivity index (χ4v) is 1.70. The molecule has 0 bridgehead atoms. The topological polar surface area (TPSA) is 44.5 Å². The standard InChI is InChI=1S/C15H17NO2/c1-3-11-5-4-6-13(9-11)18-15-8-7-12(17-2)10-14(15)16/h4-10H,3,16H2,1-2H3. The number of hydrogen-bond donors (Lipinski definition) is 1. The Hall–Kier alpha value is -2.16. The van der Waals surface area contributed by atoms with Gasteiger partial charge in [-0.25, -0.2) is 0 Å². The normalized spacial score (nSPS) is 10.1. The molecule has 0 unspecified atom stereocenters. The van der Waals surface area contributed by atoms with Crippen LogP contribution in [0.4, 0.5) is 5.69 Å². The Balaban J connectivity index is 2.22. The molecule has 94 valence electrons. The number of hydrogen-bond acceptors (Lipinski definition) is 3. The van der Waals surface area contributed by atoms with Crippen LogP contribution in [0.1, 0.15) is 12.5 Å². The van der Waals surface area contributed by atoms with E-state index in [1.807, 2.05) is 30.3 Å². The lowest BCUT2D eigenvalue weighted by Gasteiger charge is -2.10. The first-order chi connectivity index (χ1) is 8.72. The van der Waals surface area contributed by atoms with Gasteiger partial charge < -0.3 is 15.2 Å². The van der Waals surface area contributed by atoms with Crippen LogP contribution in [0.2, 0.25) is 0 Å². The lowest BCUT2D eigenvalue weighted by molar-refractivity contribution is 0.413. The summed E-state index contributed by atoms with van der Waals surface area (Å²) < 4.78 is 10.9. The van der Waals surface area contributed by atoms with E-state index in [4.69, 9.17) is 15.2 Å². The minimum Gasteiger partial charge on any atom is -0.497 e. The molecule has 0 fully saturated rings. The van der Waals surface area contributed by atoms with E-state index >= 15 is 0 Å². The van der Waals surface area contributed by atoms with Crippen molar-refractivity contribution in [2.24, 2.45) is 0 Å². The summed E-state index contributed by atoms with van der Waals surface area (Å²) in [6, 6.07) is 13.4. The van der Waals surface area contributed by atoms with E-state index in [1.165, 1.54) is 5.56 Å². The number of aryl methyl sites for hydroxylation is 1. The lowest BCUT2D eigenvalue weighted by Crippen LogP contribution is -1.94. The van der Waals surface area contributed by atoms with Crippen LogP contribution < -0.4 is 15.2 Å². The summed E-state index contributed by atoms with van der Waals surface area (Å²) in [5, 5.41) is 0. The van der Waals surface area contributed by atoms with Crippen molar-refractivity contribution in [3.63, 3.8) is 0 Å². The summed E-state index contributed by atoms with van der Waals surface area (Å²) in [5.74, 6) is 2.16. The highest BCUT2D eigenvalue weighted by atomic mass is 16.5. The van der Waals surface area contributed by atoms with Crippen molar-refractivity contribution < 1.29 is 9.47 Å². The Kier molecular flexibility index (Phi) is 3.72. The number of nitrogens with two attached hydrogens (primary N) is 1. The second kappa shape index (κ2) is 5.45. The molecule has 2 aromatic carbocycles. The Morgan fingerprint density at radius 2 is 1.89 bits per heavy atom. The van der Waals surface area contributed by atoms with Crippen molar-refractivity contribution in [1.82, 2.24) is 0 Å². The number of anilines is 1. The zero-order valence-electron chi connectivity index (χ0n) is 10.6. The maximum Gasteiger partial charge on any atom is 0.150 e. The predicted molar refractivity (Wildman–Crippen MR) is 73.3 cm³/mol. The van der Waals surface area contributed by atoms with Gasteiger partial charge in [0.1, 0.15) is 11.5 Å². The van der Waals surface area contributed by atoms with Crippen LogP contribution in [0.3, 0.4) is 0 Å². The monoisotopic (exact) mass is 243 g/mol. The lowest BCUT2D eigenvalue weighted by atomic mass is 10.2. The Bertz CT molecular complexity index is 538.